The fraction of sp³-hybridized carbons (Fsp3) is 0.200. The van der Waals surface area contributed by atoms with Crippen LogP contribution in [0.2, 0.25) is 0 Å². The molecule has 12 heavy (non-hydrogen) atoms. The van der Waals surface area contributed by atoms with E-state index in [9.17, 15) is 0 Å². The molecule has 1 aliphatic rings. The van der Waals surface area contributed by atoms with Crippen LogP contribution in [-0.4, -0.2) is 0 Å². The predicted octanol–water partition coefficient (Wildman–Crippen LogP) is 3.61. The lowest BCUT2D eigenvalue weighted by Crippen LogP contribution is -1.78. The van der Waals surface area contributed by atoms with E-state index in [0.29, 0.717) is 0 Å². The van der Waals surface area contributed by atoms with Crippen LogP contribution in [0.4, 0.5) is 0 Å². The molecular formula is C10H10OS. The molecule has 1 nitrogen and oxygen atoms in total. The summed E-state index contributed by atoms with van der Waals surface area (Å²) in [6.45, 7) is 0. The zero-order chi connectivity index (χ0) is 8.23. The van der Waals surface area contributed by atoms with Crippen LogP contribution in [0.3, 0.4) is 0 Å². The van der Waals surface area contributed by atoms with Crippen molar-refractivity contribution in [1.29, 1.82) is 0 Å². The molecule has 0 saturated carbocycles. The first-order valence-electron chi connectivity index (χ1n) is 4.03. The van der Waals surface area contributed by atoms with Gasteiger partial charge in [-0.3, -0.25) is 0 Å². The minimum Gasteiger partial charge on any atom is -0.458 e. The van der Waals surface area contributed by atoms with Gasteiger partial charge >= 0.3 is 0 Å². The first-order chi connectivity index (χ1) is 5.95. The van der Waals surface area contributed by atoms with Gasteiger partial charge in [-0.15, -0.1) is 0 Å². The first kappa shape index (κ1) is 7.74. The SMILES string of the molecule is C1=CC(Sc2ccco2)=CCC1. The van der Waals surface area contributed by atoms with Gasteiger partial charge in [0.15, 0.2) is 5.09 Å². The molecule has 0 aromatic carbocycles. The summed E-state index contributed by atoms with van der Waals surface area (Å²) in [5.74, 6) is 0. The van der Waals surface area contributed by atoms with Gasteiger partial charge in [0.05, 0.1) is 6.26 Å². The maximum atomic E-state index is 5.22. The number of rotatable bonds is 2. The Bertz CT molecular complexity index is 296. The third-order valence-corrected chi connectivity index (χ3v) is 2.65. The Labute approximate surface area is 76.2 Å². The summed E-state index contributed by atoms with van der Waals surface area (Å²) in [6, 6.07) is 3.89. The second kappa shape index (κ2) is 3.68. The molecule has 0 spiro atoms. The van der Waals surface area contributed by atoms with E-state index < -0.39 is 0 Å². The summed E-state index contributed by atoms with van der Waals surface area (Å²) >= 11 is 1.68. The molecule has 1 heterocycles. The highest BCUT2D eigenvalue weighted by molar-refractivity contribution is 8.03. The van der Waals surface area contributed by atoms with Gasteiger partial charge in [0.1, 0.15) is 0 Å². The summed E-state index contributed by atoms with van der Waals surface area (Å²) < 4.78 is 5.22. The minimum absolute atomic E-state index is 0.966. The van der Waals surface area contributed by atoms with Gasteiger partial charge in [-0.25, -0.2) is 0 Å². The Hall–Kier alpha value is -0.890. The molecule has 1 aliphatic carbocycles. The van der Waals surface area contributed by atoms with Gasteiger partial charge in [-0.05, 0) is 25.0 Å². The highest BCUT2D eigenvalue weighted by atomic mass is 32.2. The third kappa shape index (κ3) is 1.83. The average Bonchev–Trinajstić information content (AvgIpc) is 2.59. The second-order valence-electron chi connectivity index (χ2n) is 2.62. The Kier molecular flexibility index (Phi) is 2.37. The Morgan fingerprint density at radius 3 is 3.00 bits per heavy atom. The van der Waals surface area contributed by atoms with Crippen molar-refractivity contribution in [2.45, 2.75) is 17.9 Å². The van der Waals surface area contributed by atoms with Gasteiger partial charge in [0.25, 0.3) is 0 Å². The quantitative estimate of drug-likeness (QED) is 0.686. The van der Waals surface area contributed by atoms with Crippen LogP contribution in [0.15, 0.2) is 51.0 Å². The molecule has 1 aromatic rings. The molecule has 0 aliphatic heterocycles. The lowest BCUT2D eigenvalue weighted by molar-refractivity contribution is 0.475. The second-order valence-corrected chi connectivity index (χ2v) is 3.70. The number of hydrogen-bond acceptors (Lipinski definition) is 2. The van der Waals surface area contributed by atoms with Crippen molar-refractivity contribution in [2.24, 2.45) is 0 Å². The summed E-state index contributed by atoms with van der Waals surface area (Å²) in [5, 5.41) is 0.966. The Balaban J connectivity index is 2.04. The summed E-state index contributed by atoms with van der Waals surface area (Å²) in [4.78, 5) is 1.29. The number of thioether (sulfide) groups is 1. The fourth-order valence-electron chi connectivity index (χ4n) is 1.10. The molecule has 62 valence electrons. The van der Waals surface area contributed by atoms with Crippen LogP contribution in [-0.2, 0) is 0 Å². The topological polar surface area (TPSA) is 13.1 Å². The molecule has 0 fully saturated rings. The van der Waals surface area contributed by atoms with Crippen LogP contribution in [0.25, 0.3) is 0 Å². The van der Waals surface area contributed by atoms with Crippen LogP contribution >= 0.6 is 11.8 Å². The Morgan fingerprint density at radius 1 is 1.33 bits per heavy atom. The smallest absolute Gasteiger partial charge is 0.164 e. The molecule has 1 aromatic heterocycles. The van der Waals surface area contributed by atoms with Crippen molar-refractivity contribution in [2.75, 3.05) is 0 Å². The Morgan fingerprint density at radius 2 is 2.33 bits per heavy atom. The summed E-state index contributed by atoms with van der Waals surface area (Å²) in [7, 11) is 0. The predicted molar refractivity (Wildman–Crippen MR) is 51.0 cm³/mol. The van der Waals surface area contributed by atoms with Gasteiger partial charge in [0, 0.05) is 4.91 Å². The van der Waals surface area contributed by atoms with Gasteiger partial charge < -0.3 is 4.42 Å². The van der Waals surface area contributed by atoms with E-state index in [1.54, 1.807) is 18.0 Å². The molecule has 0 radical (unpaired) electrons. The van der Waals surface area contributed by atoms with E-state index in [-0.39, 0.29) is 0 Å². The molecule has 0 N–H and O–H groups in total. The summed E-state index contributed by atoms with van der Waals surface area (Å²) in [5.41, 5.74) is 0. The zero-order valence-corrected chi connectivity index (χ0v) is 7.51. The van der Waals surface area contributed by atoms with Gasteiger partial charge in [0.2, 0.25) is 0 Å². The van der Waals surface area contributed by atoms with Crippen LogP contribution < -0.4 is 0 Å². The fourth-order valence-corrected chi connectivity index (χ4v) is 1.95. The van der Waals surface area contributed by atoms with Crippen LogP contribution in [0.1, 0.15) is 12.8 Å². The van der Waals surface area contributed by atoms with Crippen molar-refractivity contribution in [3.63, 3.8) is 0 Å². The average molecular weight is 178 g/mol. The van der Waals surface area contributed by atoms with E-state index in [0.717, 1.165) is 11.5 Å². The highest BCUT2D eigenvalue weighted by Gasteiger charge is 2.01. The molecular weight excluding hydrogens is 168 g/mol. The summed E-state index contributed by atoms with van der Waals surface area (Å²) in [6.07, 6.45) is 10.6. The van der Waals surface area contributed by atoms with Crippen molar-refractivity contribution < 1.29 is 4.42 Å². The molecule has 0 bridgehead atoms. The van der Waals surface area contributed by atoms with E-state index >= 15 is 0 Å². The maximum Gasteiger partial charge on any atom is 0.164 e. The van der Waals surface area contributed by atoms with E-state index in [4.69, 9.17) is 4.42 Å². The van der Waals surface area contributed by atoms with E-state index in [1.807, 2.05) is 12.1 Å². The molecule has 0 atom stereocenters. The highest BCUT2D eigenvalue weighted by Crippen LogP contribution is 2.29. The molecule has 2 rings (SSSR count). The maximum absolute atomic E-state index is 5.22. The van der Waals surface area contributed by atoms with Gasteiger partial charge in [-0.1, -0.05) is 30.0 Å². The largest absolute Gasteiger partial charge is 0.458 e. The van der Waals surface area contributed by atoms with Crippen molar-refractivity contribution in [1.82, 2.24) is 0 Å². The standard InChI is InChI=1S/C10H10OS/c1-2-5-9(6-3-1)12-10-7-4-8-11-10/h2,4-8H,1,3H2. The lowest BCUT2D eigenvalue weighted by Gasteiger charge is -2.02. The van der Waals surface area contributed by atoms with Crippen LogP contribution in [0.5, 0.6) is 0 Å². The monoisotopic (exact) mass is 178 g/mol. The third-order valence-electron chi connectivity index (χ3n) is 1.67. The van der Waals surface area contributed by atoms with Gasteiger partial charge in [-0.2, -0.15) is 0 Å². The first-order valence-corrected chi connectivity index (χ1v) is 4.85. The lowest BCUT2D eigenvalue weighted by atomic mass is 10.2. The van der Waals surface area contributed by atoms with Crippen molar-refractivity contribution in [3.8, 4) is 0 Å². The molecule has 0 saturated heterocycles. The number of allylic oxidation sites excluding steroid dienone is 3. The molecule has 0 unspecified atom stereocenters. The van der Waals surface area contributed by atoms with E-state index in [1.165, 1.54) is 11.3 Å². The number of hydrogen-bond donors (Lipinski definition) is 0. The number of furan rings is 1. The van der Waals surface area contributed by atoms with E-state index in [2.05, 4.69) is 18.2 Å². The molecule has 0 amide bonds. The van der Waals surface area contributed by atoms with Crippen LogP contribution in [0, 0.1) is 0 Å². The van der Waals surface area contributed by atoms with Crippen molar-refractivity contribution >= 4 is 11.8 Å². The minimum atomic E-state index is 0.966. The van der Waals surface area contributed by atoms with Crippen molar-refractivity contribution in [3.05, 3.63) is 41.5 Å². The zero-order valence-electron chi connectivity index (χ0n) is 6.69. The molecule has 2 heteroatoms. The normalized spacial score (nSPS) is 16.2.